The van der Waals surface area contributed by atoms with Crippen LogP contribution in [-0.2, 0) is 11.2 Å². The largest absolute Gasteiger partial charge is 0.375 e. The molecular weight excluding hydrogens is 334 g/mol. The van der Waals surface area contributed by atoms with E-state index < -0.39 is 13.0 Å². The van der Waals surface area contributed by atoms with Crippen molar-refractivity contribution in [2.45, 2.75) is 44.4 Å². The number of halogens is 3. The normalized spacial score (nSPS) is 16.2. The first-order valence-electron chi connectivity index (χ1n) is 6.72. The van der Waals surface area contributed by atoms with Crippen LogP contribution >= 0.6 is 15.9 Å². The fraction of sp³-hybridized carbons (Fsp3) is 0.692. The molecule has 1 saturated carbocycles. The quantitative estimate of drug-likeness (QED) is 0.802. The molecule has 0 amide bonds. The number of rotatable bonds is 6. The van der Waals surface area contributed by atoms with Crippen LogP contribution in [-0.4, -0.2) is 29.6 Å². The molecule has 4 nitrogen and oxygen atoms in total. The number of ether oxygens (including phenoxy) is 1. The van der Waals surface area contributed by atoms with E-state index >= 15 is 0 Å². The minimum Gasteiger partial charge on any atom is -0.375 e. The SMILES string of the molecule is O=c1[nH]c(CCOCC(F)F)nc(C2CCCC2)c1Br. The van der Waals surface area contributed by atoms with Gasteiger partial charge >= 0.3 is 0 Å². The van der Waals surface area contributed by atoms with E-state index in [-0.39, 0.29) is 12.2 Å². The highest BCUT2D eigenvalue weighted by Crippen LogP contribution is 2.35. The van der Waals surface area contributed by atoms with Crippen molar-refractivity contribution < 1.29 is 13.5 Å². The average molecular weight is 351 g/mol. The van der Waals surface area contributed by atoms with Gasteiger partial charge < -0.3 is 9.72 Å². The lowest BCUT2D eigenvalue weighted by Gasteiger charge is -2.12. The smallest absolute Gasteiger partial charge is 0.265 e. The summed E-state index contributed by atoms with van der Waals surface area (Å²) in [6.45, 7) is -0.463. The molecule has 1 aromatic heterocycles. The van der Waals surface area contributed by atoms with Crippen LogP contribution < -0.4 is 5.56 Å². The monoisotopic (exact) mass is 350 g/mol. The molecule has 1 N–H and O–H groups in total. The van der Waals surface area contributed by atoms with Crippen molar-refractivity contribution in [1.29, 1.82) is 0 Å². The first kappa shape index (κ1) is 15.6. The molecule has 0 unspecified atom stereocenters. The molecule has 1 fully saturated rings. The highest BCUT2D eigenvalue weighted by molar-refractivity contribution is 9.10. The molecule has 1 aliphatic carbocycles. The zero-order valence-electron chi connectivity index (χ0n) is 11.0. The summed E-state index contributed by atoms with van der Waals surface area (Å²) in [5, 5.41) is 0. The van der Waals surface area contributed by atoms with E-state index in [1.54, 1.807) is 0 Å². The second kappa shape index (κ2) is 7.26. The second-order valence-corrected chi connectivity index (χ2v) is 5.70. The highest BCUT2D eigenvalue weighted by Gasteiger charge is 2.22. The first-order valence-corrected chi connectivity index (χ1v) is 7.51. The fourth-order valence-electron chi connectivity index (χ4n) is 2.45. The number of aromatic amines is 1. The van der Waals surface area contributed by atoms with Gasteiger partial charge in [-0.3, -0.25) is 4.79 Å². The first-order chi connectivity index (χ1) is 9.58. The minimum absolute atomic E-state index is 0.124. The molecule has 1 heterocycles. The molecule has 1 aliphatic rings. The topological polar surface area (TPSA) is 55.0 Å². The van der Waals surface area contributed by atoms with Crippen molar-refractivity contribution in [1.82, 2.24) is 9.97 Å². The predicted molar refractivity (Wildman–Crippen MR) is 74.3 cm³/mol. The van der Waals surface area contributed by atoms with E-state index in [0.717, 1.165) is 31.4 Å². The van der Waals surface area contributed by atoms with Crippen molar-refractivity contribution >= 4 is 15.9 Å². The van der Waals surface area contributed by atoms with Crippen LogP contribution in [0.15, 0.2) is 9.27 Å². The molecular formula is C13H17BrF2N2O2. The third-order valence-corrected chi connectivity index (χ3v) is 4.17. The van der Waals surface area contributed by atoms with Crippen LogP contribution in [0.25, 0.3) is 0 Å². The molecule has 0 aromatic carbocycles. The number of hydrogen-bond donors (Lipinski definition) is 1. The van der Waals surface area contributed by atoms with Crippen LogP contribution in [0.1, 0.15) is 43.1 Å². The lowest BCUT2D eigenvalue weighted by Crippen LogP contribution is -2.18. The van der Waals surface area contributed by atoms with Crippen molar-refractivity contribution in [3.8, 4) is 0 Å². The number of nitrogens with one attached hydrogen (secondary N) is 1. The number of hydrogen-bond acceptors (Lipinski definition) is 3. The maximum Gasteiger partial charge on any atom is 0.265 e. The third kappa shape index (κ3) is 4.09. The van der Waals surface area contributed by atoms with Gasteiger partial charge in [-0.1, -0.05) is 12.8 Å². The zero-order chi connectivity index (χ0) is 14.5. The van der Waals surface area contributed by atoms with Gasteiger partial charge in [0.1, 0.15) is 16.9 Å². The van der Waals surface area contributed by atoms with E-state index in [9.17, 15) is 13.6 Å². The summed E-state index contributed by atoms with van der Waals surface area (Å²) < 4.78 is 29.2. The summed E-state index contributed by atoms with van der Waals surface area (Å²) in [5.74, 6) is 0.807. The Bertz CT molecular complexity index is 502. The Hall–Kier alpha value is -0.820. The second-order valence-electron chi connectivity index (χ2n) is 4.91. The van der Waals surface area contributed by atoms with Crippen molar-refractivity contribution in [2.75, 3.05) is 13.2 Å². The van der Waals surface area contributed by atoms with E-state index in [4.69, 9.17) is 4.74 Å². The van der Waals surface area contributed by atoms with Gasteiger partial charge in [-0.25, -0.2) is 13.8 Å². The molecule has 0 saturated heterocycles. The summed E-state index contributed by atoms with van der Waals surface area (Å²) in [7, 11) is 0. The van der Waals surface area contributed by atoms with Gasteiger partial charge in [0.25, 0.3) is 12.0 Å². The maximum absolute atomic E-state index is 11.9. The molecule has 0 radical (unpaired) electrons. The van der Waals surface area contributed by atoms with Crippen LogP contribution in [0.3, 0.4) is 0 Å². The number of alkyl halides is 2. The summed E-state index contributed by atoms with van der Waals surface area (Å²) in [4.78, 5) is 19.0. The third-order valence-electron chi connectivity index (χ3n) is 3.41. The molecule has 7 heteroatoms. The van der Waals surface area contributed by atoms with E-state index in [0.29, 0.717) is 22.6 Å². The minimum atomic E-state index is -2.47. The Labute approximate surface area is 124 Å². The summed E-state index contributed by atoms with van der Waals surface area (Å²) in [6.07, 6.45) is 2.24. The Balaban J connectivity index is 2.04. The van der Waals surface area contributed by atoms with Crippen LogP contribution in [0.5, 0.6) is 0 Å². The van der Waals surface area contributed by atoms with Gasteiger partial charge in [-0.05, 0) is 28.8 Å². The predicted octanol–water partition coefficient (Wildman–Crippen LogP) is 3.01. The van der Waals surface area contributed by atoms with Gasteiger partial charge in [0, 0.05) is 12.3 Å². The Morgan fingerprint density at radius 2 is 2.10 bits per heavy atom. The average Bonchev–Trinajstić information content (AvgIpc) is 2.92. The van der Waals surface area contributed by atoms with Crippen LogP contribution in [0, 0.1) is 0 Å². The van der Waals surface area contributed by atoms with E-state index in [2.05, 4.69) is 25.9 Å². The molecule has 112 valence electrons. The number of H-pyrrole nitrogens is 1. The standard InChI is InChI=1S/C13H17BrF2N2O2/c14-11-12(8-3-1-2-4-8)17-10(18-13(11)19)5-6-20-7-9(15)16/h8-9H,1-7H2,(H,17,18,19). The maximum atomic E-state index is 11.9. The molecule has 2 rings (SSSR count). The summed E-state index contributed by atoms with van der Waals surface area (Å²) in [5.41, 5.74) is 0.570. The summed E-state index contributed by atoms with van der Waals surface area (Å²) in [6, 6.07) is 0. The van der Waals surface area contributed by atoms with Gasteiger partial charge in [-0.2, -0.15) is 0 Å². The molecule has 0 spiro atoms. The molecule has 0 bridgehead atoms. The molecule has 1 aromatic rings. The Morgan fingerprint density at radius 1 is 1.40 bits per heavy atom. The van der Waals surface area contributed by atoms with Crippen molar-refractivity contribution in [3.63, 3.8) is 0 Å². The lowest BCUT2D eigenvalue weighted by atomic mass is 10.0. The Morgan fingerprint density at radius 3 is 2.75 bits per heavy atom. The fourth-order valence-corrected chi connectivity index (χ4v) is 2.97. The van der Waals surface area contributed by atoms with E-state index in [1.165, 1.54) is 0 Å². The molecule has 0 atom stereocenters. The lowest BCUT2D eigenvalue weighted by molar-refractivity contribution is 0.0182. The van der Waals surface area contributed by atoms with Gasteiger partial charge in [-0.15, -0.1) is 0 Å². The van der Waals surface area contributed by atoms with Crippen LogP contribution in [0.2, 0.25) is 0 Å². The van der Waals surface area contributed by atoms with Gasteiger partial charge in [0.2, 0.25) is 0 Å². The number of nitrogens with zero attached hydrogens (tertiary/aromatic N) is 1. The summed E-state index contributed by atoms with van der Waals surface area (Å²) >= 11 is 3.29. The van der Waals surface area contributed by atoms with Gasteiger partial charge in [0.05, 0.1) is 12.3 Å². The highest BCUT2D eigenvalue weighted by atomic mass is 79.9. The van der Waals surface area contributed by atoms with Gasteiger partial charge in [0.15, 0.2) is 0 Å². The molecule has 0 aliphatic heterocycles. The van der Waals surface area contributed by atoms with Crippen molar-refractivity contribution in [2.24, 2.45) is 0 Å². The van der Waals surface area contributed by atoms with E-state index in [1.807, 2.05) is 0 Å². The zero-order valence-corrected chi connectivity index (χ0v) is 12.6. The molecule has 20 heavy (non-hydrogen) atoms. The Kier molecular flexibility index (Phi) is 5.65. The number of aromatic nitrogens is 2. The van der Waals surface area contributed by atoms with Crippen molar-refractivity contribution in [3.05, 3.63) is 26.3 Å². The van der Waals surface area contributed by atoms with Crippen LogP contribution in [0.4, 0.5) is 8.78 Å².